The van der Waals surface area contributed by atoms with Gasteiger partial charge in [-0.1, -0.05) is 7.43 Å². The SMILES string of the molecule is C.[Cr].[Ni].[Pt]. The van der Waals surface area contributed by atoms with Crippen LogP contribution in [0.5, 0.6) is 0 Å². The Morgan fingerprint density at radius 1 is 1.00 bits per heavy atom. The molecule has 0 amide bonds. The van der Waals surface area contributed by atoms with Gasteiger partial charge in [0.15, 0.2) is 0 Å². The molecular formula is CH4CrNiPt. The Morgan fingerprint density at radius 3 is 1.00 bits per heavy atom. The maximum atomic E-state index is 0. The summed E-state index contributed by atoms with van der Waals surface area (Å²) in [6.07, 6.45) is 0. The Morgan fingerprint density at radius 2 is 1.00 bits per heavy atom. The van der Waals surface area contributed by atoms with Crippen molar-refractivity contribution in [3.8, 4) is 0 Å². The van der Waals surface area contributed by atoms with E-state index in [4.69, 9.17) is 0 Å². The molecule has 0 saturated carbocycles. The maximum Gasteiger partial charge on any atom is 0 e. The first kappa shape index (κ1) is 43.2. The standard InChI is InChI=1S/CH4.Cr.Ni.Pt/h1H4;;;. The molecule has 0 fully saturated rings. The van der Waals surface area contributed by atoms with E-state index in [-0.39, 0.29) is 62.3 Å². The monoisotopic (exact) mass is 321 g/mol. The Bertz CT molecular complexity index is 8.00. The minimum absolute atomic E-state index is 0. The quantitative estimate of drug-likeness (QED) is 0.574. The minimum atomic E-state index is 0. The van der Waals surface area contributed by atoms with Crippen LogP contribution >= 0.6 is 0 Å². The molecule has 0 nitrogen and oxygen atoms in total. The number of hydrogen-bond acceptors (Lipinski definition) is 0. The summed E-state index contributed by atoms with van der Waals surface area (Å²) in [5, 5.41) is 0. The van der Waals surface area contributed by atoms with E-state index in [0.717, 1.165) is 0 Å². The van der Waals surface area contributed by atoms with Crippen molar-refractivity contribution >= 4 is 0 Å². The van der Waals surface area contributed by atoms with Crippen molar-refractivity contribution in [1.82, 2.24) is 0 Å². The van der Waals surface area contributed by atoms with Crippen LogP contribution in [0.3, 0.4) is 0 Å². The molecule has 0 N–H and O–H groups in total. The fourth-order valence-electron chi connectivity index (χ4n) is 0. The predicted octanol–water partition coefficient (Wildman–Crippen LogP) is 0.629. The summed E-state index contributed by atoms with van der Waals surface area (Å²) in [5.74, 6) is 0. The third-order valence-corrected chi connectivity index (χ3v) is 0. The zero-order valence-corrected chi connectivity index (χ0v) is 5.58. The van der Waals surface area contributed by atoms with Gasteiger partial charge in [0, 0.05) is 54.9 Å². The fourth-order valence-corrected chi connectivity index (χ4v) is 0. The summed E-state index contributed by atoms with van der Waals surface area (Å²) in [4.78, 5) is 0. The van der Waals surface area contributed by atoms with Crippen LogP contribution in [0.1, 0.15) is 7.43 Å². The third-order valence-electron chi connectivity index (χ3n) is 0. The molecular weight excluding hydrogens is 318 g/mol. The van der Waals surface area contributed by atoms with Crippen molar-refractivity contribution in [2.45, 2.75) is 7.43 Å². The van der Waals surface area contributed by atoms with Crippen molar-refractivity contribution in [1.29, 1.82) is 0 Å². The molecule has 3 heteroatoms. The predicted molar refractivity (Wildman–Crippen MR) is 6.73 cm³/mol. The van der Waals surface area contributed by atoms with Gasteiger partial charge in [-0.15, -0.1) is 0 Å². The van der Waals surface area contributed by atoms with Crippen molar-refractivity contribution in [2.24, 2.45) is 0 Å². The topological polar surface area (TPSA) is 0 Å². The largest absolute Gasteiger partial charge is 0.0776 e. The van der Waals surface area contributed by atoms with Crippen LogP contribution in [-0.2, 0) is 54.9 Å². The molecule has 0 bridgehead atoms. The molecule has 0 aliphatic heterocycles. The summed E-state index contributed by atoms with van der Waals surface area (Å²) >= 11 is 0. The third kappa shape index (κ3) is 9.31. The summed E-state index contributed by atoms with van der Waals surface area (Å²) in [6.45, 7) is 0. The Kier molecular flexibility index (Phi) is 239. The first-order valence-corrected chi connectivity index (χ1v) is 0. The second-order valence-corrected chi connectivity index (χ2v) is 0. The zero-order chi connectivity index (χ0) is 0. The average Bonchev–Trinajstić information content (AvgIpc) is 0. The molecule has 4 heavy (non-hydrogen) atoms. The molecule has 0 radical (unpaired) electrons. The van der Waals surface area contributed by atoms with Crippen LogP contribution in [0.15, 0.2) is 0 Å². The van der Waals surface area contributed by atoms with Crippen molar-refractivity contribution in [3.63, 3.8) is 0 Å². The normalized spacial score (nSPS) is 0. The van der Waals surface area contributed by atoms with E-state index < -0.39 is 0 Å². The summed E-state index contributed by atoms with van der Waals surface area (Å²) in [5.41, 5.74) is 0. The van der Waals surface area contributed by atoms with E-state index in [1.807, 2.05) is 0 Å². The molecule has 0 aromatic rings. The van der Waals surface area contributed by atoms with E-state index in [1.165, 1.54) is 0 Å². The van der Waals surface area contributed by atoms with Crippen LogP contribution in [0.25, 0.3) is 0 Å². The first-order valence-electron chi connectivity index (χ1n) is 0. The molecule has 0 unspecified atom stereocenters. The minimum Gasteiger partial charge on any atom is -0.0776 e. The van der Waals surface area contributed by atoms with Gasteiger partial charge in [-0.05, 0) is 0 Å². The molecule has 0 aliphatic carbocycles. The molecule has 34 valence electrons. The second-order valence-electron chi connectivity index (χ2n) is 0. The van der Waals surface area contributed by atoms with E-state index in [2.05, 4.69) is 0 Å². The molecule has 0 saturated heterocycles. The number of rotatable bonds is 0. The van der Waals surface area contributed by atoms with Gasteiger partial charge < -0.3 is 0 Å². The summed E-state index contributed by atoms with van der Waals surface area (Å²) < 4.78 is 0. The van der Waals surface area contributed by atoms with Crippen molar-refractivity contribution in [3.05, 3.63) is 0 Å². The second kappa shape index (κ2) is 22.1. The van der Waals surface area contributed by atoms with Crippen molar-refractivity contribution in [2.75, 3.05) is 0 Å². The van der Waals surface area contributed by atoms with Crippen LogP contribution in [0.4, 0.5) is 0 Å². The average molecular weight is 322 g/mol. The van der Waals surface area contributed by atoms with Gasteiger partial charge in [-0.25, -0.2) is 0 Å². The molecule has 0 aromatic carbocycles. The Balaban J connectivity index is 0. The Labute approximate surface area is 62.0 Å². The van der Waals surface area contributed by atoms with Gasteiger partial charge in [-0.2, -0.15) is 0 Å². The molecule has 0 rings (SSSR count). The van der Waals surface area contributed by atoms with Gasteiger partial charge in [0.05, 0.1) is 0 Å². The zero-order valence-electron chi connectivity index (χ0n) is 1.04. The van der Waals surface area contributed by atoms with Gasteiger partial charge in [0.2, 0.25) is 0 Å². The van der Waals surface area contributed by atoms with E-state index in [1.54, 1.807) is 0 Å². The smallest absolute Gasteiger partial charge is 0 e. The molecule has 0 spiro atoms. The molecule has 0 aliphatic rings. The van der Waals surface area contributed by atoms with E-state index >= 15 is 0 Å². The first-order chi connectivity index (χ1) is 0. The van der Waals surface area contributed by atoms with Crippen LogP contribution < -0.4 is 0 Å². The van der Waals surface area contributed by atoms with E-state index in [0.29, 0.717) is 0 Å². The maximum absolute atomic E-state index is 0. The van der Waals surface area contributed by atoms with Crippen LogP contribution in [0, 0.1) is 0 Å². The molecule has 0 aromatic heterocycles. The Hall–Kier alpha value is 1.71. The van der Waals surface area contributed by atoms with Gasteiger partial charge in [-0.3, -0.25) is 0 Å². The van der Waals surface area contributed by atoms with Gasteiger partial charge >= 0.3 is 0 Å². The van der Waals surface area contributed by atoms with Gasteiger partial charge in [0.25, 0.3) is 0 Å². The van der Waals surface area contributed by atoms with Crippen LogP contribution in [0.2, 0.25) is 0 Å². The van der Waals surface area contributed by atoms with Crippen LogP contribution in [-0.4, -0.2) is 0 Å². The fraction of sp³-hybridized carbons (Fsp3) is 1.00. The van der Waals surface area contributed by atoms with Gasteiger partial charge in [0.1, 0.15) is 0 Å². The summed E-state index contributed by atoms with van der Waals surface area (Å²) in [7, 11) is 0. The van der Waals surface area contributed by atoms with Crippen molar-refractivity contribution < 1.29 is 54.9 Å². The molecule has 0 atom stereocenters. The molecule has 0 heterocycles. The number of hydrogen-bond donors (Lipinski definition) is 0. The summed E-state index contributed by atoms with van der Waals surface area (Å²) in [6, 6.07) is 0. The van der Waals surface area contributed by atoms with E-state index in [9.17, 15) is 0 Å².